The molecule has 2 aromatic heterocycles. The Morgan fingerprint density at radius 3 is 2.61 bits per heavy atom. The fraction of sp³-hybridized carbons (Fsp3) is 0.105. The molecule has 9 heteroatoms. The van der Waals surface area contributed by atoms with E-state index in [1.54, 1.807) is 12.5 Å². The number of aromatic nitrogens is 4. The molecule has 4 aromatic rings. The average Bonchev–Trinajstić information content (AvgIpc) is 3.10. The molecular weight excluding hydrogens is 382 g/mol. The standard InChI is InChI=1S/C19H16F2N6S/c1-22-14-2-3-16-15(7-14)24-10-27(16)18-9-23-8-17(25-18)26-19(28)11-4-12(20)6-13(21)5-11/h2-10,19,22,28H,1H3,(H,25,26). The number of nitrogens with zero attached hydrogens (tertiary/aromatic N) is 4. The van der Waals surface area contributed by atoms with Gasteiger partial charge in [0.1, 0.15) is 23.8 Å². The summed E-state index contributed by atoms with van der Waals surface area (Å²) in [6.45, 7) is 0. The van der Waals surface area contributed by atoms with E-state index in [1.807, 2.05) is 29.8 Å². The third-order valence-electron chi connectivity index (χ3n) is 4.19. The minimum Gasteiger partial charge on any atom is -0.388 e. The van der Waals surface area contributed by atoms with Crippen LogP contribution in [0, 0.1) is 11.6 Å². The first-order valence-electron chi connectivity index (χ1n) is 8.41. The smallest absolute Gasteiger partial charge is 0.159 e. The van der Waals surface area contributed by atoms with Gasteiger partial charge >= 0.3 is 0 Å². The Morgan fingerprint density at radius 1 is 1.07 bits per heavy atom. The lowest BCUT2D eigenvalue weighted by Gasteiger charge is -2.15. The van der Waals surface area contributed by atoms with Crippen LogP contribution in [0.3, 0.4) is 0 Å². The summed E-state index contributed by atoms with van der Waals surface area (Å²) in [5.74, 6) is -0.366. The highest BCUT2D eigenvalue weighted by molar-refractivity contribution is 7.80. The Bertz CT molecular complexity index is 1130. The lowest BCUT2D eigenvalue weighted by atomic mass is 10.2. The van der Waals surface area contributed by atoms with Gasteiger partial charge in [0, 0.05) is 18.8 Å². The van der Waals surface area contributed by atoms with Crippen LogP contribution in [0.4, 0.5) is 20.3 Å². The zero-order chi connectivity index (χ0) is 19.7. The Kier molecular flexibility index (Phi) is 4.82. The molecule has 0 aliphatic rings. The van der Waals surface area contributed by atoms with Crippen LogP contribution >= 0.6 is 12.6 Å². The van der Waals surface area contributed by atoms with Crippen molar-refractivity contribution in [1.82, 2.24) is 19.5 Å². The molecule has 0 spiro atoms. The molecular formula is C19H16F2N6S. The molecule has 0 aliphatic heterocycles. The second-order valence-corrected chi connectivity index (χ2v) is 6.60. The fourth-order valence-corrected chi connectivity index (χ4v) is 3.13. The Balaban J connectivity index is 1.63. The molecule has 1 unspecified atom stereocenters. The van der Waals surface area contributed by atoms with Gasteiger partial charge in [-0.05, 0) is 35.9 Å². The number of anilines is 2. The second kappa shape index (κ2) is 7.43. The van der Waals surface area contributed by atoms with E-state index in [0.717, 1.165) is 22.8 Å². The fourth-order valence-electron chi connectivity index (χ4n) is 2.85. The largest absolute Gasteiger partial charge is 0.388 e. The number of benzene rings is 2. The molecule has 6 nitrogen and oxygen atoms in total. The van der Waals surface area contributed by atoms with Crippen LogP contribution < -0.4 is 10.6 Å². The van der Waals surface area contributed by atoms with Crippen LogP contribution in [0.1, 0.15) is 10.9 Å². The monoisotopic (exact) mass is 398 g/mol. The van der Waals surface area contributed by atoms with Crippen molar-refractivity contribution in [1.29, 1.82) is 0 Å². The normalized spacial score (nSPS) is 12.1. The van der Waals surface area contributed by atoms with Crippen molar-refractivity contribution in [2.24, 2.45) is 0 Å². The minimum absolute atomic E-state index is 0.348. The molecule has 0 aliphatic carbocycles. The summed E-state index contributed by atoms with van der Waals surface area (Å²) >= 11 is 4.38. The van der Waals surface area contributed by atoms with Gasteiger partial charge < -0.3 is 10.6 Å². The lowest BCUT2D eigenvalue weighted by Crippen LogP contribution is -2.08. The van der Waals surface area contributed by atoms with Gasteiger partial charge in [-0.3, -0.25) is 9.55 Å². The maximum absolute atomic E-state index is 13.4. The summed E-state index contributed by atoms with van der Waals surface area (Å²) in [5.41, 5.74) is 2.99. The zero-order valence-electron chi connectivity index (χ0n) is 14.8. The molecule has 4 rings (SSSR count). The summed E-state index contributed by atoms with van der Waals surface area (Å²) < 4.78 is 28.7. The van der Waals surface area contributed by atoms with Crippen LogP contribution in [0.5, 0.6) is 0 Å². The van der Waals surface area contributed by atoms with Gasteiger partial charge in [-0.15, -0.1) is 12.6 Å². The number of hydrogen-bond donors (Lipinski definition) is 3. The van der Waals surface area contributed by atoms with Crippen LogP contribution in [0.2, 0.25) is 0 Å². The molecule has 0 amide bonds. The molecule has 0 fully saturated rings. The number of nitrogens with one attached hydrogen (secondary N) is 2. The number of thiol groups is 1. The molecule has 0 bridgehead atoms. The number of halogens is 2. The zero-order valence-corrected chi connectivity index (χ0v) is 15.7. The molecule has 1 atom stereocenters. The van der Waals surface area contributed by atoms with E-state index in [1.165, 1.54) is 18.3 Å². The van der Waals surface area contributed by atoms with Crippen LogP contribution in [0.25, 0.3) is 16.9 Å². The van der Waals surface area contributed by atoms with Crippen molar-refractivity contribution in [2.45, 2.75) is 5.37 Å². The van der Waals surface area contributed by atoms with Gasteiger partial charge in [0.25, 0.3) is 0 Å². The first-order chi connectivity index (χ1) is 13.5. The van der Waals surface area contributed by atoms with Crippen LogP contribution in [0.15, 0.2) is 55.1 Å². The minimum atomic E-state index is -0.665. The SMILES string of the molecule is CNc1ccc2c(c1)ncn2-c1cncc(NC(S)c2cc(F)cc(F)c2)n1. The van der Waals surface area contributed by atoms with Gasteiger partial charge in [0.05, 0.1) is 28.8 Å². The predicted molar refractivity (Wildman–Crippen MR) is 108 cm³/mol. The third-order valence-corrected chi connectivity index (χ3v) is 4.62. The van der Waals surface area contributed by atoms with Crippen LogP contribution in [-0.2, 0) is 0 Å². The third kappa shape index (κ3) is 3.61. The van der Waals surface area contributed by atoms with Crippen molar-refractivity contribution >= 4 is 35.2 Å². The molecule has 0 saturated heterocycles. The van der Waals surface area contributed by atoms with E-state index in [2.05, 4.69) is 38.2 Å². The van der Waals surface area contributed by atoms with Crippen molar-refractivity contribution in [2.75, 3.05) is 17.7 Å². The van der Waals surface area contributed by atoms with Crippen LogP contribution in [-0.4, -0.2) is 26.6 Å². The molecule has 28 heavy (non-hydrogen) atoms. The summed E-state index contributed by atoms with van der Waals surface area (Å²) in [4.78, 5) is 13.1. The predicted octanol–water partition coefficient (Wildman–Crippen LogP) is 4.18. The molecule has 2 heterocycles. The first-order valence-corrected chi connectivity index (χ1v) is 8.93. The van der Waals surface area contributed by atoms with Crippen molar-refractivity contribution in [3.8, 4) is 5.82 Å². The highest BCUT2D eigenvalue weighted by Gasteiger charge is 2.12. The summed E-state index contributed by atoms with van der Waals surface area (Å²) in [6.07, 6.45) is 4.78. The van der Waals surface area contributed by atoms with Gasteiger partial charge in [0.15, 0.2) is 5.82 Å². The Hall–Kier alpha value is -3.20. The molecule has 2 aromatic carbocycles. The average molecular weight is 398 g/mol. The van der Waals surface area contributed by atoms with Gasteiger partial charge in [-0.2, -0.15) is 0 Å². The summed E-state index contributed by atoms with van der Waals surface area (Å²) in [6, 6.07) is 9.06. The molecule has 0 radical (unpaired) electrons. The number of fused-ring (bicyclic) bond motifs is 1. The van der Waals surface area contributed by atoms with E-state index < -0.39 is 17.0 Å². The van der Waals surface area contributed by atoms with E-state index in [0.29, 0.717) is 17.2 Å². The van der Waals surface area contributed by atoms with Crippen molar-refractivity contribution in [3.05, 3.63) is 72.3 Å². The van der Waals surface area contributed by atoms with Gasteiger partial charge in [-0.25, -0.2) is 18.7 Å². The number of rotatable bonds is 5. The number of hydrogen-bond acceptors (Lipinski definition) is 6. The quantitative estimate of drug-likeness (QED) is 0.348. The topological polar surface area (TPSA) is 67.7 Å². The maximum atomic E-state index is 13.4. The Morgan fingerprint density at radius 2 is 1.86 bits per heavy atom. The van der Waals surface area contributed by atoms with Crippen molar-refractivity contribution in [3.63, 3.8) is 0 Å². The molecule has 0 saturated carbocycles. The highest BCUT2D eigenvalue weighted by Crippen LogP contribution is 2.25. The molecule has 2 N–H and O–H groups in total. The van der Waals surface area contributed by atoms with E-state index in [-0.39, 0.29) is 0 Å². The second-order valence-electron chi connectivity index (χ2n) is 6.08. The first kappa shape index (κ1) is 18.2. The van der Waals surface area contributed by atoms with E-state index >= 15 is 0 Å². The Labute approximate surface area is 165 Å². The van der Waals surface area contributed by atoms with Gasteiger partial charge in [-0.1, -0.05) is 0 Å². The summed E-state index contributed by atoms with van der Waals surface area (Å²) in [5, 5.41) is 5.41. The van der Waals surface area contributed by atoms with Gasteiger partial charge in [0.2, 0.25) is 0 Å². The maximum Gasteiger partial charge on any atom is 0.159 e. The van der Waals surface area contributed by atoms with E-state index in [4.69, 9.17) is 0 Å². The van der Waals surface area contributed by atoms with Crippen molar-refractivity contribution < 1.29 is 8.78 Å². The lowest BCUT2D eigenvalue weighted by molar-refractivity contribution is 0.580. The summed E-state index contributed by atoms with van der Waals surface area (Å²) in [7, 11) is 1.84. The highest BCUT2D eigenvalue weighted by atomic mass is 32.1. The number of imidazole rings is 1. The molecule has 142 valence electrons. The van der Waals surface area contributed by atoms with E-state index in [9.17, 15) is 8.78 Å².